The van der Waals surface area contributed by atoms with Gasteiger partial charge >= 0.3 is 0 Å². The van der Waals surface area contributed by atoms with Gasteiger partial charge in [0, 0.05) is 52.9 Å². The summed E-state index contributed by atoms with van der Waals surface area (Å²) >= 11 is 6.19. The fourth-order valence-electron chi connectivity index (χ4n) is 3.16. The van der Waals surface area contributed by atoms with Gasteiger partial charge in [-0.15, -0.1) is 0 Å². The number of methoxy groups -OCH3 is 2. The van der Waals surface area contributed by atoms with Gasteiger partial charge in [-0.25, -0.2) is 0 Å². The van der Waals surface area contributed by atoms with Gasteiger partial charge in [-0.05, 0) is 42.0 Å². The summed E-state index contributed by atoms with van der Waals surface area (Å²) in [5.74, 6) is 0.756. The summed E-state index contributed by atoms with van der Waals surface area (Å²) in [6.07, 6.45) is 5.62. The number of halogens is 1. The van der Waals surface area contributed by atoms with Gasteiger partial charge in [0.15, 0.2) is 0 Å². The predicted molar refractivity (Wildman–Crippen MR) is 116 cm³/mol. The molecule has 29 heavy (non-hydrogen) atoms. The van der Waals surface area contributed by atoms with Crippen LogP contribution >= 0.6 is 11.6 Å². The minimum atomic E-state index is 0.615. The molecule has 7 heteroatoms. The number of hydrogen-bond acceptors (Lipinski definition) is 5. The first-order chi connectivity index (χ1) is 14.2. The predicted octanol–water partition coefficient (Wildman–Crippen LogP) is 5.15. The van der Waals surface area contributed by atoms with Crippen LogP contribution in [-0.4, -0.2) is 35.6 Å². The number of pyridine rings is 1. The quantitative estimate of drug-likeness (QED) is 0.458. The van der Waals surface area contributed by atoms with E-state index < -0.39 is 0 Å². The van der Waals surface area contributed by atoms with Crippen molar-refractivity contribution in [2.45, 2.75) is 6.54 Å². The van der Waals surface area contributed by atoms with E-state index in [9.17, 15) is 0 Å². The second-order valence-corrected chi connectivity index (χ2v) is 7.02. The first kappa shape index (κ1) is 19.2. The number of aromatic nitrogens is 3. The molecule has 0 amide bonds. The lowest BCUT2D eigenvalue weighted by Crippen LogP contribution is -2.03. The van der Waals surface area contributed by atoms with Gasteiger partial charge < -0.3 is 14.8 Å². The minimum Gasteiger partial charge on any atom is -0.497 e. The SMILES string of the molecule is COCCn1cc(-c2cc(Nc3ccnc4ccc(Cl)cc34)cc(OC)c2)cn1. The number of nitrogens with zero attached hydrogens (tertiary/aromatic N) is 3. The highest BCUT2D eigenvalue weighted by atomic mass is 35.5. The third-order valence-corrected chi connectivity index (χ3v) is 4.85. The lowest BCUT2D eigenvalue weighted by molar-refractivity contribution is 0.183. The first-order valence-corrected chi connectivity index (χ1v) is 9.56. The molecule has 0 atom stereocenters. The largest absolute Gasteiger partial charge is 0.497 e. The Morgan fingerprint density at radius 2 is 1.97 bits per heavy atom. The van der Waals surface area contributed by atoms with Gasteiger partial charge in [0.1, 0.15) is 5.75 Å². The number of hydrogen-bond donors (Lipinski definition) is 1. The van der Waals surface area contributed by atoms with Crippen molar-refractivity contribution in [3.63, 3.8) is 0 Å². The molecule has 2 heterocycles. The summed E-state index contributed by atoms with van der Waals surface area (Å²) in [4.78, 5) is 4.41. The summed E-state index contributed by atoms with van der Waals surface area (Å²) < 4.78 is 12.5. The molecule has 0 aliphatic rings. The zero-order valence-electron chi connectivity index (χ0n) is 16.2. The molecule has 2 aromatic heterocycles. The van der Waals surface area contributed by atoms with Crippen molar-refractivity contribution in [1.82, 2.24) is 14.8 Å². The van der Waals surface area contributed by atoms with Gasteiger partial charge in [0.2, 0.25) is 0 Å². The van der Waals surface area contributed by atoms with Gasteiger partial charge in [0.25, 0.3) is 0 Å². The number of nitrogens with one attached hydrogen (secondary N) is 1. The van der Waals surface area contributed by atoms with E-state index in [1.807, 2.05) is 53.5 Å². The Bertz CT molecular complexity index is 1140. The summed E-state index contributed by atoms with van der Waals surface area (Å²) in [5.41, 5.74) is 4.71. The van der Waals surface area contributed by atoms with Crippen molar-refractivity contribution >= 4 is 33.9 Å². The molecule has 148 valence electrons. The molecule has 0 saturated carbocycles. The summed E-state index contributed by atoms with van der Waals surface area (Å²) in [7, 11) is 3.34. The van der Waals surface area contributed by atoms with Crippen molar-refractivity contribution in [3.05, 3.63) is 66.1 Å². The second-order valence-electron chi connectivity index (χ2n) is 6.58. The maximum atomic E-state index is 6.19. The van der Waals surface area contributed by atoms with Crippen LogP contribution in [0.4, 0.5) is 11.4 Å². The van der Waals surface area contributed by atoms with Crippen LogP contribution < -0.4 is 10.1 Å². The Morgan fingerprint density at radius 1 is 1.07 bits per heavy atom. The molecule has 4 rings (SSSR count). The molecule has 0 aliphatic heterocycles. The normalized spacial score (nSPS) is 11.0. The topological polar surface area (TPSA) is 61.2 Å². The van der Waals surface area contributed by atoms with E-state index in [1.165, 1.54) is 0 Å². The molecule has 4 aromatic rings. The highest BCUT2D eigenvalue weighted by Crippen LogP contribution is 2.32. The zero-order valence-corrected chi connectivity index (χ0v) is 17.0. The van der Waals surface area contributed by atoms with Crippen LogP contribution in [0.15, 0.2) is 61.1 Å². The van der Waals surface area contributed by atoms with Gasteiger partial charge in [0.05, 0.1) is 32.0 Å². The molecule has 0 saturated heterocycles. The van der Waals surface area contributed by atoms with E-state index in [2.05, 4.69) is 21.5 Å². The Morgan fingerprint density at radius 3 is 2.79 bits per heavy atom. The molecule has 0 bridgehead atoms. The molecule has 1 N–H and O–H groups in total. The number of anilines is 2. The molecule has 0 unspecified atom stereocenters. The molecule has 0 fully saturated rings. The smallest absolute Gasteiger partial charge is 0.121 e. The highest BCUT2D eigenvalue weighted by Gasteiger charge is 2.09. The van der Waals surface area contributed by atoms with Crippen LogP contribution in [0.3, 0.4) is 0 Å². The fourth-order valence-corrected chi connectivity index (χ4v) is 3.33. The van der Waals surface area contributed by atoms with Crippen LogP contribution in [0, 0.1) is 0 Å². The third kappa shape index (κ3) is 4.34. The summed E-state index contributed by atoms with van der Waals surface area (Å²) in [5, 5.41) is 9.50. The Balaban J connectivity index is 1.69. The van der Waals surface area contributed by atoms with E-state index in [0.29, 0.717) is 18.2 Å². The molecule has 0 aliphatic carbocycles. The summed E-state index contributed by atoms with van der Waals surface area (Å²) in [6, 6.07) is 13.6. The third-order valence-electron chi connectivity index (χ3n) is 4.62. The molecular weight excluding hydrogens is 388 g/mol. The van der Waals surface area contributed by atoms with Crippen molar-refractivity contribution in [3.8, 4) is 16.9 Å². The van der Waals surface area contributed by atoms with Gasteiger partial charge in [-0.2, -0.15) is 5.10 Å². The van der Waals surface area contributed by atoms with E-state index in [-0.39, 0.29) is 0 Å². The van der Waals surface area contributed by atoms with Crippen LogP contribution in [0.25, 0.3) is 22.0 Å². The second kappa shape index (κ2) is 8.51. The lowest BCUT2D eigenvalue weighted by atomic mass is 10.1. The number of rotatable bonds is 7. The van der Waals surface area contributed by atoms with Gasteiger partial charge in [-0.3, -0.25) is 9.67 Å². The Labute approximate surface area is 174 Å². The fraction of sp³-hybridized carbons (Fsp3) is 0.182. The summed E-state index contributed by atoms with van der Waals surface area (Å²) in [6.45, 7) is 1.32. The monoisotopic (exact) mass is 408 g/mol. The standard InChI is InChI=1S/C22H21ClN4O2/c1-28-8-7-27-14-16(13-25-27)15-9-18(12-19(10-15)29-2)26-22-5-6-24-21-4-3-17(23)11-20(21)22/h3-6,9-14H,7-8H2,1-2H3,(H,24,26). The zero-order chi connectivity index (χ0) is 20.2. The molecule has 0 radical (unpaired) electrons. The van der Waals surface area contributed by atoms with E-state index in [0.717, 1.165) is 39.2 Å². The van der Waals surface area contributed by atoms with E-state index in [4.69, 9.17) is 21.1 Å². The molecular formula is C22H21ClN4O2. The minimum absolute atomic E-state index is 0.615. The molecule has 0 spiro atoms. The maximum absolute atomic E-state index is 6.19. The lowest BCUT2D eigenvalue weighted by Gasteiger charge is -2.13. The number of ether oxygens (including phenoxy) is 2. The number of fused-ring (bicyclic) bond motifs is 1. The van der Waals surface area contributed by atoms with Crippen LogP contribution in [0.2, 0.25) is 5.02 Å². The molecule has 2 aromatic carbocycles. The number of benzene rings is 2. The first-order valence-electron chi connectivity index (χ1n) is 9.18. The van der Waals surface area contributed by atoms with Crippen LogP contribution in [0.5, 0.6) is 5.75 Å². The highest BCUT2D eigenvalue weighted by molar-refractivity contribution is 6.31. The van der Waals surface area contributed by atoms with E-state index >= 15 is 0 Å². The average molecular weight is 409 g/mol. The van der Waals surface area contributed by atoms with E-state index in [1.54, 1.807) is 20.4 Å². The van der Waals surface area contributed by atoms with Crippen molar-refractivity contribution < 1.29 is 9.47 Å². The van der Waals surface area contributed by atoms with Crippen molar-refractivity contribution in [1.29, 1.82) is 0 Å². The van der Waals surface area contributed by atoms with Crippen LogP contribution in [0.1, 0.15) is 0 Å². The Hall–Kier alpha value is -3.09. The maximum Gasteiger partial charge on any atom is 0.121 e. The van der Waals surface area contributed by atoms with Gasteiger partial charge in [-0.1, -0.05) is 11.6 Å². The van der Waals surface area contributed by atoms with Crippen molar-refractivity contribution in [2.75, 3.05) is 26.1 Å². The average Bonchev–Trinajstić information content (AvgIpc) is 3.21. The Kier molecular flexibility index (Phi) is 5.64. The molecule has 6 nitrogen and oxygen atoms in total. The van der Waals surface area contributed by atoms with Crippen molar-refractivity contribution in [2.24, 2.45) is 0 Å². The van der Waals surface area contributed by atoms with Crippen LogP contribution in [-0.2, 0) is 11.3 Å².